The third kappa shape index (κ3) is 2.67. The smallest absolute Gasteiger partial charge is 0.104 e. The number of nitriles is 1. The molecule has 0 aliphatic heterocycles. The first-order chi connectivity index (χ1) is 5.70. The molecule has 0 aromatic rings. The Kier molecular flexibility index (Phi) is 2.88. The molecule has 1 fully saturated rings. The van der Waals surface area contributed by atoms with Crippen molar-refractivity contribution in [2.75, 3.05) is 6.54 Å². The second-order valence-electron chi connectivity index (χ2n) is 3.76. The standard InChI is InChI=1S/C10H16N2/c1-3-6-12-10(2,8-11)7-9-4-5-9/h3,9,12H,1,4-7H2,2H3. The first kappa shape index (κ1) is 9.28. The van der Waals surface area contributed by atoms with Crippen molar-refractivity contribution in [2.24, 2.45) is 5.92 Å². The van der Waals surface area contributed by atoms with E-state index in [9.17, 15) is 0 Å². The fourth-order valence-corrected chi connectivity index (χ4v) is 1.35. The van der Waals surface area contributed by atoms with Crippen LogP contribution in [0.2, 0.25) is 0 Å². The summed E-state index contributed by atoms with van der Waals surface area (Å²) < 4.78 is 0. The lowest BCUT2D eigenvalue weighted by Gasteiger charge is -2.22. The second-order valence-corrected chi connectivity index (χ2v) is 3.76. The molecular weight excluding hydrogens is 148 g/mol. The highest BCUT2D eigenvalue weighted by molar-refractivity contribution is 5.06. The predicted octanol–water partition coefficient (Wildman–Crippen LogP) is 1.84. The van der Waals surface area contributed by atoms with Crippen molar-refractivity contribution in [2.45, 2.75) is 31.7 Å². The first-order valence-electron chi connectivity index (χ1n) is 4.47. The summed E-state index contributed by atoms with van der Waals surface area (Å²) in [5, 5.41) is 12.1. The molecule has 1 N–H and O–H groups in total. The van der Waals surface area contributed by atoms with Crippen molar-refractivity contribution in [3.8, 4) is 6.07 Å². The fraction of sp³-hybridized carbons (Fsp3) is 0.700. The molecule has 1 aliphatic rings. The van der Waals surface area contributed by atoms with Gasteiger partial charge in [-0.3, -0.25) is 5.32 Å². The van der Waals surface area contributed by atoms with Crippen LogP contribution in [0.4, 0.5) is 0 Å². The Morgan fingerprint density at radius 1 is 1.75 bits per heavy atom. The number of hydrogen-bond donors (Lipinski definition) is 1. The van der Waals surface area contributed by atoms with Crippen LogP contribution in [0.3, 0.4) is 0 Å². The van der Waals surface area contributed by atoms with Gasteiger partial charge in [0.1, 0.15) is 5.54 Å². The SMILES string of the molecule is C=CCNC(C)(C#N)CC1CC1. The lowest BCUT2D eigenvalue weighted by molar-refractivity contribution is 0.415. The van der Waals surface area contributed by atoms with E-state index < -0.39 is 0 Å². The Hall–Kier alpha value is -0.810. The molecule has 1 rings (SSSR count). The number of nitrogens with zero attached hydrogens (tertiary/aromatic N) is 1. The highest BCUT2D eigenvalue weighted by atomic mass is 15.0. The molecule has 12 heavy (non-hydrogen) atoms. The molecule has 1 unspecified atom stereocenters. The highest BCUT2D eigenvalue weighted by Crippen LogP contribution is 2.36. The summed E-state index contributed by atoms with van der Waals surface area (Å²) in [6.07, 6.45) is 5.37. The van der Waals surface area contributed by atoms with Crippen LogP contribution in [-0.2, 0) is 0 Å². The molecule has 0 saturated heterocycles. The van der Waals surface area contributed by atoms with Crippen molar-refractivity contribution in [1.82, 2.24) is 5.32 Å². The molecule has 0 heterocycles. The van der Waals surface area contributed by atoms with Gasteiger partial charge in [0.15, 0.2) is 0 Å². The largest absolute Gasteiger partial charge is 0.296 e. The van der Waals surface area contributed by atoms with Gasteiger partial charge < -0.3 is 0 Å². The van der Waals surface area contributed by atoms with Crippen LogP contribution in [0.15, 0.2) is 12.7 Å². The van der Waals surface area contributed by atoms with Crippen molar-refractivity contribution < 1.29 is 0 Å². The minimum absolute atomic E-state index is 0.338. The van der Waals surface area contributed by atoms with E-state index in [2.05, 4.69) is 18.0 Å². The summed E-state index contributed by atoms with van der Waals surface area (Å²) in [6, 6.07) is 2.33. The summed E-state index contributed by atoms with van der Waals surface area (Å²) in [4.78, 5) is 0. The third-order valence-electron chi connectivity index (χ3n) is 2.28. The minimum Gasteiger partial charge on any atom is -0.296 e. The van der Waals surface area contributed by atoms with E-state index in [1.807, 2.05) is 6.92 Å². The van der Waals surface area contributed by atoms with Gasteiger partial charge in [0, 0.05) is 6.54 Å². The summed E-state index contributed by atoms with van der Waals surface area (Å²) in [6.45, 7) is 6.31. The third-order valence-corrected chi connectivity index (χ3v) is 2.28. The lowest BCUT2D eigenvalue weighted by atomic mass is 9.97. The number of nitrogens with one attached hydrogen (secondary N) is 1. The first-order valence-corrected chi connectivity index (χ1v) is 4.47. The van der Waals surface area contributed by atoms with E-state index in [1.54, 1.807) is 6.08 Å². The minimum atomic E-state index is -0.338. The Labute approximate surface area is 74.3 Å². The van der Waals surface area contributed by atoms with Crippen molar-refractivity contribution in [1.29, 1.82) is 5.26 Å². The van der Waals surface area contributed by atoms with E-state index in [1.165, 1.54) is 12.8 Å². The predicted molar refractivity (Wildman–Crippen MR) is 49.6 cm³/mol. The molecule has 0 aromatic heterocycles. The monoisotopic (exact) mass is 164 g/mol. The topological polar surface area (TPSA) is 35.8 Å². The van der Waals surface area contributed by atoms with Crippen LogP contribution in [-0.4, -0.2) is 12.1 Å². The molecule has 0 amide bonds. The molecular formula is C10H16N2. The molecule has 0 bridgehead atoms. The molecule has 2 nitrogen and oxygen atoms in total. The Morgan fingerprint density at radius 2 is 2.42 bits per heavy atom. The maximum absolute atomic E-state index is 8.94. The van der Waals surface area contributed by atoms with Gasteiger partial charge in [-0.1, -0.05) is 18.9 Å². The van der Waals surface area contributed by atoms with E-state index in [4.69, 9.17) is 5.26 Å². The maximum Gasteiger partial charge on any atom is 0.104 e. The Bertz CT molecular complexity index is 200. The van der Waals surface area contributed by atoms with Gasteiger partial charge in [-0.15, -0.1) is 6.58 Å². The average molecular weight is 164 g/mol. The van der Waals surface area contributed by atoms with Gasteiger partial charge in [-0.2, -0.15) is 5.26 Å². The molecule has 1 aliphatic carbocycles. The summed E-state index contributed by atoms with van der Waals surface area (Å²) >= 11 is 0. The number of hydrogen-bond acceptors (Lipinski definition) is 2. The average Bonchev–Trinajstić information content (AvgIpc) is 2.85. The summed E-state index contributed by atoms with van der Waals surface area (Å²) in [5.41, 5.74) is -0.338. The van der Waals surface area contributed by atoms with E-state index >= 15 is 0 Å². The van der Waals surface area contributed by atoms with Crippen LogP contribution >= 0.6 is 0 Å². The summed E-state index contributed by atoms with van der Waals surface area (Å²) in [7, 11) is 0. The van der Waals surface area contributed by atoms with Crippen molar-refractivity contribution >= 4 is 0 Å². The normalized spacial score (nSPS) is 21.0. The van der Waals surface area contributed by atoms with Crippen LogP contribution in [0.25, 0.3) is 0 Å². The van der Waals surface area contributed by atoms with Crippen molar-refractivity contribution in [3.05, 3.63) is 12.7 Å². The van der Waals surface area contributed by atoms with E-state index in [0.717, 1.165) is 18.9 Å². The van der Waals surface area contributed by atoms with Crippen LogP contribution in [0.1, 0.15) is 26.2 Å². The quantitative estimate of drug-likeness (QED) is 0.629. The van der Waals surface area contributed by atoms with Crippen LogP contribution < -0.4 is 5.32 Å². The zero-order valence-corrected chi connectivity index (χ0v) is 7.64. The van der Waals surface area contributed by atoms with Crippen molar-refractivity contribution in [3.63, 3.8) is 0 Å². The van der Waals surface area contributed by atoms with Gasteiger partial charge in [0.05, 0.1) is 6.07 Å². The van der Waals surface area contributed by atoms with E-state index in [0.29, 0.717) is 0 Å². The zero-order valence-electron chi connectivity index (χ0n) is 7.64. The van der Waals surface area contributed by atoms with Gasteiger partial charge in [0.25, 0.3) is 0 Å². The van der Waals surface area contributed by atoms with Gasteiger partial charge in [0.2, 0.25) is 0 Å². The maximum atomic E-state index is 8.94. The Morgan fingerprint density at radius 3 is 2.83 bits per heavy atom. The summed E-state index contributed by atoms with van der Waals surface area (Å²) in [5.74, 6) is 0.784. The highest BCUT2D eigenvalue weighted by Gasteiger charge is 2.32. The molecule has 0 aromatic carbocycles. The molecule has 0 spiro atoms. The van der Waals surface area contributed by atoms with Gasteiger partial charge in [-0.25, -0.2) is 0 Å². The molecule has 66 valence electrons. The fourth-order valence-electron chi connectivity index (χ4n) is 1.35. The van der Waals surface area contributed by atoms with Gasteiger partial charge in [-0.05, 0) is 19.3 Å². The number of rotatable bonds is 5. The second kappa shape index (κ2) is 3.73. The van der Waals surface area contributed by atoms with Crippen LogP contribution in [0, 0.1) is 17.2 Å². The molecule has 2 heteroatoms. The molecule has 1 atom stereocenters. The zero-order chi connectivity index (χ0) is 9.03. The molecule has 1 saturated carbocycles. The Balaban J connectivity index is 2.37. The van der Waals surface area contributed by atoms with Crippen LogP contribution in [0.5, 0.6) is 0 Å². The lowest BCUT2D eigenvalue weighted by Crippen LogP contribution is -2.41. The molecule has 0 radical (unpaired) electrons. The van der Waals surface area contributed by atoms with E-state index in [-0.39, 0.29) is 5.54 Å². The van der Waals surface area contributed by atoms with Gasteiger partial charge >= 0.3 is 0 Å².